The zero-order valence-electron chi connectivity index (χ0n) is 6.50. The van der Waals surface area contributed by atoms with Crippen LogP contribution >= 0.6 is 0 Å². The molecule has 0 aliphatic carbocycles. The van der Waals surface area contributed by atoms with Crippen LogP contribution < -0.4 is 0 Å². The zero-order chi connectivity index (χ0) is 7.61. The van der Waals surface area contributed by atoms with Gasteiger partial charge in [0.2, 0.25) is 0 Å². The van der Waals surface area contributed by atoms with Crippen molar-refractivity contribution in [2.75, 3.05) is 0 Å². The molecule has 0 spiro atoms. The standard InChI is InChI=1S/C7H11N3/c1-7(2,3)6-9-4-8-5-10-6/h4-5H,1-3H3. The minimum atomic E-state index is 0.0307. The lowest BCUT2D eigenvalue weighted by Gasteiger charge is -2.14. The molecule has 0 aliphatic rings. The van der Waals surface area contributed by atoms with Crippen molar-refractivity contribution in [3.8, 4) is 0 Å². The van der Waals surface area contributed by atoms with Crippen LogP contribution in [-0.2, 0) is 5.41 Å². The van der Waals surface area contributed by atoms with E-state index in [1.807, 2.05) is 0 Å². The Kier molecular flexibility index (Phi) is 1.66. The smallest absolute Gasteiger partial charge is 0.137 e. The molecule has 1 heterocycles. The molecule has 10 heavy (non-hydrogen) atoms. The van der Waals surface area contributed by atoms with E-state index in [4.69, 9.17) is 0 Å². The fraction of sp³-hybridized carbons (Fsp3) is 0.571. The van der Waals surface area contributed by atoms with Crippen LogP contribution in [-0.4, -0.2) is 15.0 Å². The monoisotopic (exact) mass is 137 g/mol. The van der Waals surface area contributed by atoms with Gasteiger partial charge >= 0.3 is 0 Å². The van der Waals surface area contributed by atoms with Crippen molar-refractivity contribution >= 4 is 0 Å². The largest absolute Gasteiger partial charge is 0.225 e. The van der Waals surface area contributed by atoms with E-state index in [0.717, 1.165) is 5.82 Å². The maximum atomic E-state index is 4.03. The SMILES string of the molecule is CC(C)(C)c1ncncn1. The fourth-order valence-corrected chi connectivity index (χ4v) is 0.626. The topological polar surface area (TPSA) is 38.7 Å². The van der Waals surface area contributed by atoms with E-state index in [0.29, 0.717) is 0 Å². The van der Waals surface area contributed by atoms with Gasteiger partial charge < -0.3 is 0 Å². The number of hydrogen-bond donors (Lipinski definition) is 0. The Balaban J connectivity index is 2.97. The summed E-state index contributed by atoms with van der Waals surface area (Å²) in [6.45, 7) is 6.22. The summed E-state index contributed by atoms with van der Waals surface area (Å²) in [5, 5.41) is 0. The van der Waals surface area contributed by atoms with Gasteiger partial charge in [-0.25, -0.2) is 15.0 Å². The highest BCUT2D eigenvalue weighted by Crippen LogP contribution is 2.15. The van der Waals surface area contributed by atoms with Crippen LogP contribution in [0.2, 0.25) is 0 Å². The van der Waals surface area contributed by atoms with Gasteiger partial charge in [0.1, 0.15) is 18.5 Å². The van der Waals surface area contributed by atoms with E-state index in [-0.39, 0.29) is 5.41 Å². The first-order chi connectivity index (χ1) is 4.61. The van der Waals surface area contributed by atoms with Crippen LogP contribution in [0.15, 0.2) is 12.7 Å². The summed E-state index contributed by atoms with van der Waals surface area (Å²) in [5.41, 5.74) is 0.0307. The lowest BCUT2D eigenvalue weighted by molar-refractivity contribution is 0.541. The minimum absolute atomic E-state index is 0.0307. The van der Waals surface area contributed by atoms with Gasteiger partial charge in [-0.15, -0.1) is 0 Å². The maximum absolute atomic E-state index is 4.03. The molecule has 1 rings (SSSR count). The zero-order valence-corrected chi connectivity index (χ0v) is 6.50. The fourth-order valence-electron chi connectivity index (χ4n) is 0.626. The molecule has 0 N–H and O–H groups in total. The third-order valence-electron chi connectivity index (χ3n) is 1.16. The van der Waals surface area contributed by atoms with Crippen molar-refractivity contribution in [2.45, 2.75) is 26.2 Å². The molecule has 1 aromatic rings. The highest BCUT2D eigenvalue weighted by molar-refractivity contribution is 4.97. The summed E-state index contributed by atoms with van der Waals surface area (Å²) < 4.78 is 0. The van der Waals surface area contributed by atoms with Gasteiger partial charge in [0.15, 0.2) is 0 Å². The second kappa shape index (κ2) is 2.33. The minimum Gasteiger partial charge on any atom is -0.225 e. The van der Waals surface area contributed by atoms with Crippen LogP contribution in [0.1, 0.15) is 26.6 Å². The van der Waals surface area contributed by atoms with E-state index < -0.39 is 0 Å². The number of hydrogen-bond acceptors (Lipinski definition) is 3. The number of rotatable bonds is 0. The van der Waals surface area contributed by atoms with E-state index >= 15 is 0 Å². The van der Waals surface area contributed by atoms with Gasteiger partial charge in [-0.05, 0) is 0 Å². The first-order valence-electron chi connectivity index (χ1n) is 3.23. The Morgan fingerprint density at radius 2 is 1.60 bits per heavy atom. The average Bonchev–Trinajstić information content (AvgIpc) is 1.88. The van der Waals surface area contributed by atoms with Crippen molar-refractivity contribution in [1.82, 2.24) is 15.0 Å². The Morgan fingerprint density at radius 3 is 1.90 bits per heavy atom. The van der Waals surface area contributed by atoms with Gasteiger partial charge in [0.05, 0.1) is 0 Å². The van der Waals surface area contributed by atoms with Crippen LogP contribution in [0.25, 0.3) is 0 Å². The predicted molar refractivity (Wildman–Crippen MR) is 38.5 cm³/mol. The summed E-state index contributed by atoms with van der Waals surface area (Å²) in [6.07, 6.45) is 3.04. The molecule has 0 unspecified atom stereocenters. The molecule has 3 heteroatoms. The molecule has 0 aromatic carbocycles. The summed E-state index contributed by atoms with van der Waals surface area (Å²) in [4.78, 5) is 11.8. The predicted octanol–water partition coefficient (Wildman–Crippen LogP) is 1.17. The number of nitrogens with zero attached hydrogens (tertiary/aromatic N) is 3. The van der Waals surface area contributed by atoms with Gasteiger partial charge in [-0.3, -0.25) is 0 Å². The maximum Gasteiger partial charge on any atom is 0.137 e. The summed E-state index contributed by atoms with van der Waals surface area (Å²) in [6, 6.07) is 0. The Bertz CT molecular complexity index is 200. The molecule has 0 fully saturated rings. The van der Waals surface area contributed by atoms with Crippen LogP contribution in [0.3, 0.4) is 0 Å². The van der Waals surface area contributed by atoms with Crippen molar-refractivity contribution in [1.29, 1.82) is 0 Å². The second-order valence-electron chi connectivity index (χ2n) is 3.21. The molecule has 54 valence electrons. The molecular formula is C7H11N3. The van der Waals surface area contributed by atoms with Crippen LogP contribution in [0, 0.1) is 0 Å². The molecule has 3 nitrogen and oxygen atoms in total. The average molecular weight is 137 g/mol. The Hall–Kier alpha value is -0.990. The second-order valence-corrected chi connectivity index (χ2v) is 3.21. The molecule has 0 bridgehead atoms. The van der Waals surface area contributed by atoms with Gasteiger partial charge in [-0.1, -0.05) is 20.8 Å². The molecule has 0 radical (unpaired) electrons. The first-order valence-corrected chi connectivity index (χ1v) is 3.23. The lowest BCUT2D eigenvalue weighted by Crippen LogP contribution is -2.15. The van der Waals surface area contributed by atoms with Crippen LogP contribution in [0.4, 0.5) is 0 Å². The number of aromatic nitrogens is 3. The first kappa shape index (κ1) is 7.12. The third kappa shape index (κ3) is 1.50. The van der Waals surface area contributed by atoms with Crippen molar-refractivity contribution in [2.24, 2.45) is 0 Å². The quantitative estimate of drug-likeness (QED) is 0.538. The third-order valence-corrected chi connectivity index (χ3v) is 1.16. The summed E-state index contributed by atoms with van der Waals surface area (Å²) >= 11 is 0. The summed E-state index contributed by atoms with van der Waals surface area (Å²) in [5.74, 6) is 0.836. The Morgan fingerprint density at radius 1 is 1.10 bits per heavy atom. The van der Waals surface area contributed by atoms with E-state index in [2.05, 4.69) is 35.7 Å². The van der Waals surface area contributed by atoms with Crippen molar-refractivity contribution in [3.05, 3.63) is 18.5 Å². The summed E-state index contributed by atoms with van der Waals surface area (Å²) in [7, 11) is 0. The highest BCUT2D eigenvalue weighted by atomic mass is 15.0. The van der Waals surface area contributed by atoms with E-state index in [1.165, 1.54) is 12.7 Å². The van der Waals surface area contributed by atoms with Crippen molar-refractivity contribution in [3.63, 3.8) is 0 Å². The molecule has 0 saturated heterocycles. The Labute approximate surface area is 60.6 Å². The molecule has 0 amide bonds. The highest BCUT2D eigenvalue weighted by Gasteiger charge is 2.15. The molecular weight excluding hydrogens is 126 g/mol. The molecule has 0 aliphatic heterocycles. The van der Waals surface area contributed by atoms with Gasteiger partial charge in [-0.2, -0.15) is 0 Å². The lowest BCUT2D eigenvalue weighted by atomic mass is 9.96. The van der Waals surface area contributed by atoms with Crippen LogP contribution in [0.5, 0.6) is 0 Å². The molecule has 0 saturated carbocycles. The molecule has 0 atom stereocenters. The molecule has 1 aromatic heterocycles. The van der Waals surface area contributed by atoms with E-state index in [9.17, 15) is 0 Å². The normalized spacial score (nSPS) is 11.5. The van der Waals surface area contributed by atoms with Gasteiger partial charge in [0, 0.05) is 5.41 Å². The van der Waals surface area contributed by atoms with E-state index in [1.54, 1.807) is 0 Å². The van der Waals surface area contributed by atoms with Crippen molar-refractivity contribution < 1.29 is 0 Å². The van der Waals surface area contributed by atoms with Gasteiger partial charge in [0.25, 0.3) is 0 Å².